The molecule has 28 heavy (non-hydrogen) atoms. The normalized spacial score (nSPS) is 18.4. The Balaban J connectivity index is 1.63. The fourth-order valence-corrected chi connectivity index (χ4v) is 4.81. The number of methoxy groups -OCH3 is 1. The number of fused-ring (bicyclic) bond motifs is 1. The molecule has 1 atom stereocenters. The van der Waals surface area contributed by atoms with Crippen molar-refractivity contribution in [3.8, 4) is 16.9 Å². The molecule has 0 unspecified atom stereocenters. The second-order valence-corrected chi connectivity index (χ2v) is 9.28. The monoisotopic (exact) mass is 400 g/mol. The zero-order chi connectivity index (χ0) is 19.7. The summed E-state index contributed by atoms with van der Waals surface area (Å²) in [6, 6.07) is 11.8. The first-order valence-corrected chi connectivity index (χ1v) is 11.1. The third kappa shape index (κ3) is 3.62. The van der Waals surface area contributed by atoms with Crippen LogP contribution in [-0.4, -0.2) is 53.3 Å². The van der Waals surface area contributed by atoms with Crippen LogP contribution in [0.3, 0.4) is 0 Å². The molecule has 0 bridgehead atoms. The van der Waals surface area contributed by atoms with Crippen LogP contribution >= 0.6 is 0 Å². The summed E-state index contributed by atoms with van der Waals surface area (Å²) in [6.07, 6.45) is 3.67. The second kappa shape index (κ2) is 7.52. The van der Waals surface area contributed by atoms with Crippen molar-refractivity contribution in [3.05, 3.63) is 48.4 Å². The second-order valence-electron chi connectivity index (χ2n) is 7.02. The van der Waals surface area contributed by atoms with Gasteiger partial charge in [-0.1, -0.05) is 12.1 Å². The lowest BCUT2D eigenvalue weighted by molar-refractivity contribution is 0.309. The highest BCUT2D eigenvalue weighted by atomic mass is 32.2. The molecule has 0 radical (unpaired) electrons. The molecule has 0 spiro atoms. The van der Waals surface area contributed by atoms with Crippen molar-refractivity contribution in [3.63, 3.8) is 0 Å². The van der Waals surface area contributed by atoms with Gasteiger partial charge in [0.2, 0.25) is 10.0 Å². The molecule has 8 heteroatoms. The predicted octanol–water partition coefficient (Wildman–Crippen LogP) is 2.93. The van der Waals surface area contributed by atoms with E-state index in [0.717, 1.165) is 35.4 Å². The number of hydrogen-bond donors (Lipinski definition) is 0. The van der Waals surface area contributed by atoms with Gasteiger partial charge in [-0.3, -0.25) is 0 Å². The van der Waals surface area contributed by atoms with Crippen molar-refractivity contribution >= 4 is 15.7 Å². The Morgan fingerprint density at radius 3 is 2.86 bits per heavy atom. The van der Waals surface area contributed by atoms with Gasteiger partial charge in [0, 0.05) is 30.8 Å². The number of hydrogen-bond acceptors (Lipinski definition) is 5. The van der Waals surface area contributed by atoms with Gasteiger partial charge in [-0.2, -0.15) is 5.10 Å². The zero-order valence-corrected chi connectivity index (χ0v) is 16.9. The van der Waals surface area contributed by atoms with E-state index in [1.807, 2.05) is 42.6 Å². The first kappa shape index (κ1) is 18.9. The van der Waals surface area contributed by atoms with Gasteiger partial charge in [0.15, 0.2) is 11.5 Å². The number of sulfonamides is 1. The van der Waals surface area contributed by atoms with Crippen molar-refractivity contribution in [2.75, 3.05) is 26.0 Å². The maximum Gasteiger partial charge on any atom is 0.213 e. The third-order valence-corrected chi connectivity index (χ3v) is 7.11. The number of benzene rings is 1. The molecule has 1 aliphatic rings. The fourth-order valence-electron chi connectivity index (χ4n) is 3.64. The van der Waals surface area contributed by atoms with Gasteiger partial charge in [0.05, 0.1) is 12.9 Å². The van der Waals surface area contributed by atoms with E-state index in [-0.39, 0.29) is 11.7 Å². The van der Waals surface area contributed by atoms with E-state index in [2.05, 4.69) is 10.1 Å². The molecule has 1 saturated heterocycles. The maximum atomic E-state index is 12.2. The summed E-state index contributed by atoms with van der Waals surface area (Å²) in [5, 5.41) is 4.66. The van der Waals surface area contributed by atoms with Crippen LogP contribution in [0.2, 0.25) is 0 Å². The smallest absolute Gasteiger partial charge is 0.213 e. The Kier molecular flexibility index (Phi) is 5.07. The summed E-state index contributed by atoms with van der Waals surface area (Å²) in [7, 11) is -1.53. The maximum absolute atomic E-state index is 12.2. The largest absolute Gasteiger partial charge is 0.497 e. The number of rotatable bonds is 5. The number of nitrogens with zero attached hydrogens (tertiary/aromatic N) is 4. The molecular formula is C20H24N4O3S. The van der Waals surface area contributed by atoms with Crippen LogP contribution in [0.4, 0.5) is 0 Å². The number of piperidine rings is 1. The molecule has 2 aromatic heterocycles. The van der Waals surface area contributed by atoms with Crippen LogP contribution in [0.15, 0.2) is 42.6 Å². The molecule has 3 heterocycles. The SMILES string of the molecule is CCS(=O)(=O)N1CCC[C@H](c2nc3ccc(-c4cccc(OC)c4)cn3n2)C1. The fraction of sp³-hybridized carbons (Fsp3) is 0.400. The van der Waals surface area contributed by atoms with E-state index in [1.54, 1.807) is 22.9 Å². The summed E-state index contributed by atoms with van der Waals surface area (Å²) >= 11 is 0. The van der Waals surface area contributed by atoms with Crippen LogP contribution in [-0.2, 0) is 10.0 Å². The van der Waals surface area contributed by atoms with Gasteiger partial charge in [-0.15, -0.1) is 0 Å². The van der Waals surface area contributed by atoms with E-state index < -0.39 is 10.0 Å². The van der Waals surface area contributed by atoms with E-state index in [4.69, 9.17) is 4.74 Å². The molecule has 0 saturated carbocycles. The number of pyridine rings is 1. The summed E-state index contributed by atoms with van der Waals surface area (Å²) < 4.78 is 33.1. The summed E-state index contributed by atoms with van der Waals surface area (Å²) in [6.45, 7) is 2.72. The van der Waals surface area contributed by atoms with Crippen LogP contribution in [0.25, 0.3) is 16.8 Å². The average molecular weight is 401 g/mol. The van der Waals surface area contributed by atoms with Crippen molar-refractivity contribution in [2.45, 2.75) is 25.7 Å². The molecule has 3 aromatic rings. The lowest BCUT2D eigenvalue weighted by atomic mass is 9.99. The van der Waals surface area contributed by atoms with Crippen molar-refractivity contribution in [2.24, 2.45) is 0 Å². The average Bonchev–Trinajstić information content (AvgIpc) is 3.17. The molecular weight excluding hydrogens is 376 g/mol. The predicted molar refractivity (Wildman–Crippen MR) is 108 cm³/mol. The molecule has 1 aromatic carbocycles. The van der Waals surface area contributed by atoms with Gasteiger partial charge in [-0.05, 0) is 49.6 Å². The first-order chi connectivity index (χ1) is 13.5. The number of aromatic nitrogens is 3. The minimum absolute atomic E-state index is 0.0234. The Hall–Kier alpha value is -2.45. The summed E-state index contributed by atoms with van der Waals surface area (Å²) in [4.78, 5) is 4.65. The third-order valence-electron chi connectivity index (χ3n) is 5.26. The molecule has 4 rings (SSSR count). The summed E-state index contributed by atoms with van der Waals surface area (Å²) in [5.74, 6) is 1.66. The van der Waals surface area contributed by atoms with E-state index in [0.29, 0.717) is 18.9 Å². The van der Waals surface area contributed by atoms with E-state index in [9.17, 15) is 8.42 Å². The van der Waals surface area contributed by atoms with Gasteiger partial charge >= 0.3 is 0 Å². The van der Waals surface area contributed by atoms with Gasteiger partial charge in [0.25, 0.3) is 0 Å². The molecule has 148 valence electrons. The number of ether oxygens (including phenoxy) is 1. The molecule has 0 amide bonds. The van der Waals surface area contributed by atoms with Gasteiger partial charge in [0.1, 0.15) is 5.75 Å². The zero-order valence-electron chi connectivity index (χ0n) is 16.1. The van der Waals surface area contributed by atoms with Crippen molar-refractivity contribution < 1.29 is 13.2 Å². The van der Waals surface area contributed by atoms with E-state index >= 15 is 0 Å². The van der Waals surface area contributed by atoms with E-state index in [1.165, 1.54) is 0 Å². The molecule has 0 aliphatic carbocycles. The molecule has 1 fully saturated rings. The highest BCUT2D eigenvalue weighted by Crippen LogP contribution is 2.28. The Morgan fingerprint density at radius 2 is 2.07 bits per heavy atom. The lowest BCUT2D eigenvalue weighted by Gasteiger charge is -2.30. The topological polar surface area (TPSA) is 76.8 Å². The Morgan fingerprint density at radius 1 is 1.21 bits per heavy atom. The Bertz CT molecular complexity index is 1090. The minimum atomic E-state index is -3.18. The molecule has 0 N–H and O–H groups in total. The molecule has 7 nitrogen and oxygen atoms in total. The van der Waals surface area contributed by atoms with Crippen molar-refractivity contribution in [1.29, 1.82) is 0 Å². The Labute approximate surface area is 165 Å². The quantitative estimate of drug-likeness (QED) is 0.658. The van der Waals surface area contributed by atoms with Gasteiger partial charge < -0.3 is 4.74 Å². The standard InChI is InChI=1S/C20H24N4O3S/c1-3-28(25,26)23-11-5-7-17(13-23)20-21-19-10-9-16(14-24(19)22-20)15-6-4-8-18(12-15)27-2/h4,6,8-10,12,14,17H,3,5,7,11,13H2,1-2H3/t17-/m0/s1. The highest BCUT2D eigenvalue weighted by Gasteiger charge is 2.30. The minimum Gasteiger partial charge on any atom is -0.497 e. The molecule has 1 aliphatic heterocycles. The van der Waals surface area contributed by atoms with Crippen molar-refractivity contribution in [1.82, 2.24) is 18.9 Å². The van der Waals surface area contributed by atoms with Crippen LogP contribution in [0, 0.1) is 0 Å². The van der Waals surface area contributed by atoms with Gasteiger partial charge in [-0.25, -0.2) is 22.2 Å². The van der Waals surface area contributed by atoms with Crippen LogP contribution < -0.4 is 4.74 Å². The lowest BCUT2D eigenvalue weighted by Crippen LogP contribution is -2.40. The first-order valence-electron chi connectivity index (χ1n) is 9.49. The summed E-state index contributed by atoms with van der Waals surface area (Å²) in [5.41, 5.74) is 2.81. The highest BCUT2D eigenvalue weighted by molar-refractivity contribution is 7.89. The van der Waals surface area contributed by atoms with Crippen LogP contribution in [0.5, 0.6) is 5.75 Å². The van der Waals surface area contributed by atoms with Crippen LogP contribution in [0.1, 0.15) is 31.5 Å².